The van der Waals surface area contributed by atoms with Gasteiger partial charge in [0.2, 0.25) is 5.91 Å². The van der Waals surface area contributed by atoms with Crippen LogP contribution in [0.25, 0.3) is 0 Å². The minimum absolute atomic E-state index is 0.0786. The third-order valence-electron chi connectivity index (χ3n) is 5.77. The first-order chi connectivity index (χ1) is 13.2. The van der Waals surface area contributed by atoms with Crippen molar-refractivity contribution in [1.29, 1.82) is 0 Å². The molecule has 1 amide bonds. The van der Waals surface area contributed by atoms with E-state index in [0.717, 1.165) is 44.5 Å². The number of nitrogens with zero attached hydrogens (tertiary/aromatic N) is 2. The fourth-order valence-corrected chi connectivity index (χ4v) is 4.36. The molecule has 4 atom stereocenters. The van der Waals surface area contributed by atoms with Gasteiger partial charge in [-0.3, -0.25) is 4.79 Å². The Labute approximate surface area is 160 Å². The molecule has 1 aliphatic carbocycles. The van der Waals surface area contributed by atoms with Gasteiger partial charge in [-0.15, -0.1) is 0 Å². The fraction of sp³-hybridized carbons (Fsp3) is 0.524. The molecule has 0 radical (unpaired) electrons. The molecule has 4 rings (SSSR count). The maximum Gasteiger partial charge on any atom is 0.237 e. The van der Waals surface area contributed by atoms with Crippen molar-refractivity contribution in [3.8, 4) is 0 Å². The number of fused-ring (bicyclic) bond motifs is 1. The van der Waals surface area contributed by atoms with Crippen LogP contribution < -0.4 is 11.1 Å². The number of aromatic nitrogens is 2. The predicted molar refractivity (Wildman–Crippen MR) is 103 cm³/mol. The standard InChI is InChI=1S/C21H28N4O2/c22-18(21(26)24-19-7-4-8-20-17(19)9-10-27-20)11-16-13-25(14-23-16)12-15-5-2-1-3-6-15/h1-3,5-6,13-14,17-20H,4,7-12,22H2,(H,24,26)/t17?,18-,19?,20?/m0/s1. The third kappa shape index (κ3) is 4.39. The van der Waals surface area contributed by atoms with Crippen LogP contribution in [0.3, 0.4) is 0 Å². The van der Waals surface area contributed by atoms with Gasteiger partial charge in [0.25, 0.3) is 0 Å². The van der Waals surface area contributed by atoms with Gasteiger partial charge < -0.3 is 20.4 Å². The van der Waals surface area contributed by atoms with E-state index in [-0.39, 0.29) is 11.9 Å². The zero-order valence-electron chi connectivity index (χ0n) is 15.6. The molecule has 1 saturated carbocycles. The molecule has 1 aliphatic heterocycles. The molecule has 27 heavy (non-hydrogen) atoms. The van der Waals surface area contributed by atoms with Gasteiger partial charge in [-0.2, -0.15) is 0 Å². The van der Waals surface area contributed by atoms with Crippen LogP contribution in [0.4, 0.5) is 0 Å². The second kappa shape index (κ2) is 8.23. The maximum absolute atomic E-state index is 12.6. The highest BCUT2D eigenvalue weighted by Gasteiger charge is 2.38. The minimum atomic E-state index is -0.576. The van der Waals surface area contributed by atoms with E-state index in [1.807, 2.05) is 29.0 Å². The summed E-state index contributed by atoms with van der Waals surface area (Å²) in [5.41, 5.74) is 8.24. The number of carbonyl (C=O) groups excluding carboxylic acids is 1. The Balaban J connectivity index is 1.31. The first-order valence-electron chi connectivity index (χ1n) is 9.91. The summed E-state index contributed by atoms with van der Waals surface area (Å²) in [7, 11) is 0. The van der Waals surface area contributed by atoms with Crippen LogP contribution in [0.5, 0.6) is 0 Å². The van der Waals surface area contributed by atoms with Crippen molar-refractivity contribution in [3.63, 3.8) is 0 Å². The Morgan fingerprint density at radius 1 is 1.30 bits per heavy atom. The summed E-state index contributed by atoms with van der Waals surface area (Å²) in [6, 6.07) is 9.85. The van der Waals surface area contributed by atoms with Crippen molar-refractivity contribution >= 4 is 5.91 Å². The predicted octanol–water partition coefficient (Wildman–Crippen LogP) is 1.87. The highest BCUT2D eigenvalue weighted by Crippen LogP contribution is 2.34. The Kier molecular flexibility index (Phi) is 5.55. The van der Waals surface area contributed by atoms with Crippen LogP contribution in [0, 0.1) is 5.92 Å². The molecule has 0 spiro atoms. The molecule has 2 fully saturated rings. The van der Waals surface area contributed by atoms with E-state index in [0.29, 0.717) is 18.4 Å². The van der Waals surface area contributed by atoms with Crippen LogP contribution in [0.15, 0.2) is 42.9 Å². The van der Waals surface area contributed by atoms with E-state index in [9.17, 15) is 4.79 Å². The number of amides is 1. The van der Waals surface area contributed by atoms with Gasteiger partial charge in [-0.05, 0) is 31.2 Å². The lowest BCUT2D eigenvalue weighted by Gasteiger charge is -2.33. The average molecular weight is 368 g/mol. The fourth-order valence-electron chi connectivity index (χ4n) is 4.36. The zero-order chi connectivity index (χ0) is 18.6. The minimum Gasteiger partial charge on any atom is -0.378 e. The summed E-state index contributed by atoms with van der Waals surface area (Å²) in [6.45, 7) is 1.58. The summed E-state index contributed by atoms with van der Waals surface area (Å²) in [5, 5.41) is 3.18. The molecular weight excluding hydrogens is 340 g/mol. The van der Waals surface area contributed by atoms with Gasteiger partial charge >= 0.3 is 0 Å². The number of hydrogen-bond donors (Lipinski definition) is 2. The summed E-state index contributed by atoms with van der Waals surface area (Å²) in [5.74, 6) is 0.366. The Bertz CT molecular complexity index is 761. The van der Waals surface area contributed by atoms with Crippen LogP contribution in [0.1, 0.15) is 36.9 Å². The lowest BCUT2D eigenvalue weighted by Crippen LogP contribution is -2.51. The van der Waals surface area contributed by atoms with Crippen LogP contribution >= 0.6 is 0 Å². The van der Waals surface area contributed by atoms with Gasteiger partial charge in [0.15, 0.2) is 0 Å². The molecule has 2 heterocycles. The average Bonchev–Trinajstić information content (AvgIpc) is 3.32. The topological polar surface area (TPSA) is 82.2 Å². The number of ether oxygens (including phenoxy) is 1. The number of carbonyl (C=O) groups is 1. The monoisotopic (exact) mass is 368 g/mol. The maximum atomic E-state index is 12.6. The first-order valence-corrected chi connectivity index (χ1v) is 9.91. The number of benzene rings is 1. The second-order valence-corrected chi connectivity index (χ2v) is 7.74. The molecule has 1 aromatic carbocycles. The van der Waals surface area contributed by atoms with E-state index < -0.39 is 6.04 Å². The van der Waals surface area contributed by atoms with E-state index in [1.165, 1.54) is 5.56 Å². The lowest BCUT2D eigenvalue weighted by atomic mass is 9.81. The van der Waals surface area contributed by atoms with Crippen molar-refractivity contribution in [2.75, 3.05) is 6.61 Å². The highest BCUT2D eigenvalue weighted by molar-refractivity contribution is 5.82. The van der Waals surface area contributed by atoms with E-state index in [4.69, 9.17) is 10.5 Å². The van der Waals surface area contributed by atoms with Gasteiger partial charge in [0.05, 0.1) is 24.2 Å². The number of rotatable bonds is 6. The molecular formula is C21H28N4O2. The molecule has 6 nitrogen and oxygen atoms in total. The highest BCUT2D eigenvalue weighted by atomic mass is 16.5. The van der Waals surface area contributed by atoms with Crippen molar-refractivity contribution in [3.05, 3.63) is 54.1 Å². The second-order valence-electron chi connectivity index (χ2n) is 7.74. The summed E-state index contributed by atoms with van der Waals surface area (Å²) in [4.78, 5) is 17.0. The molecule has 2 aromatic rings. The Morgan fingerprint density at radius 3 is 3.00 bits per heavy atom. The number of imidazole rings is 1. The van der Waals surface area contributed by atoms with E-state index in [2.05, 4.69) is 22.4 Å². The smallest absolute Gasteiger partial charge is 0.237 e. The molecule has 2 aliphatic rings. The Hall–Kier alpha value is -2.18. The summed E-state index contributed by atoms with van der Waals surface area (Å²) < 4.78 is 7.81. The zero-order valence-corrected chi connectivity index (χ0v) is 15.6. The van der Waals surface area contributed by atoms with Crippen molar-refractivity contribution in [2.45, 2.75) is 56.8 Å². The molecule has 3 N–H and O–H groups in total. The van der Waals surface area contributed by atoms with Crippen LogP contribution in [-0.2, 0) is 22.5 Å². The van der Waals surface area contributed by atoms with Crippen molar-refractivity contribution < 1.29 is 9.53 Å². The van der Waals surface area contributed by atoms with Gasteiger partial charge in [0.1, 0.15) is 0 Å². The quantitative estimate of drug-likeness (QED) is 0.816. The summed E-state index contributed by atoms with van der Waals surface area (Å²) >= 11 is 0. The van der Waals surface area contributed by atoms with Crippen LogP contribution in [-0.4, -0.2) is 40.3 Å². The molecule has 144 valence electrons. The number of nitrogens with one attached hydrogen (secondary N) is 1. The molecule has 0 bridgehead atoms. The normalized spacial score (nSPS) is 25.7. The third-order valence-corrected chi connectivity index (χ3v) is 5.77. The van der Waals surface area contributed by atoms with Gasteiger partial charge in [-0.1, -0.05) is 30.3 Å². The molecule has 6 heteroatoms. The number of nitrogens with two attached hydrogens (primary N) is 1. The largest absolute Gasteiger partial charge is 0.378 e. The SMILES string of the molecule is N[C@@H](Cc1cn(Cc2ccccc2)cn1)C(=O)NC1CCCC2OCCC12. The van der Waals surface area contributed by atoms with Gasteiger partial charge in [0, 0.05) is 37.7 Å². The number of hydrogen-bond acceptors (Lipinski definition) is 4. The van der Waals surface area contributed by atoms with Crippen molar-refractivity contribution in [1.82, 2.24) is 14.9 Å². The molecule has 3 unspecified atom stereocenters. The summed E-state index contributed by atoms with van der Waals surface area (Å²) in [6.07, 6.45) is 8.81. The Morgan fingerprint density at radius 2 is 2.15 bits per heavy atom. The van der Waals surface area contributed by atoms with Crippen LogP contribution in [0.2, 0.25) is 0 Å². The lowest BCUT2D eigenvalue weighted by molar-refractivity contribution is -0.123. The van der Waals surface area contributed by atoms with Gasteiger partial charge in [-0.25, -0.2) is 4.98 Å². The molecule has 1 saturated heterocycles. The molecule has 1 aromatic heterocycles. The van der Waals surface area contributed by atoms with E-state index in [1.54, 1.807) is 6.33 Å². The first kappa shape index (κ1) is 18.2. The van der Waals surface area contributed by atoms with Crippen molar-refractivity contribution in [2.24, 2.45) is 11.7 Å². The van der Waals surface area contributed by atoms with E-state index >= 15 is 0 Å².